The van der Waals surface area contributed by atoms with Gasteiger partial charge < -0.3 is 4.57 Å². The molecule has 102 valence electrons. The van der Waals surface area contributed by atoms with Crippen LogP contribution in [0, 0.1) is 13.8 Å². The molecule has 0 unspecified atom stereocenters. The second-order valence-electron chi connectivity index (χ2n) is 4.71. The van der Waals surface area contributed by atoms with Crippen molar-refractivity contribution in [2.24, 2.45) is 7.05 Å². The summed E-state index contributed by atoms with van der Waals surface area (Å²) in [6, 6.07) is 4.11. The van der Waals surface area contributed by atoms with Gasteiger partial charge in [-0.3, -0.25) is 10.1 Å². The van der Waals surface area contributed by atoms with E-state index in [0.29, 0.717) is 11.0 Å². The molecule has 0 atom stereocenters. The third kappa shape index (κ3) is 2.08. The van der Waals surface area contributed by atoms with Crippen molar-refractivity contribution in [1.29, 1.82) is 0 Å². The Kier molecular flexibility index (Phi) is 3.02. The molecule has 3 rings (SSSR count). The summed E-state index contributed by atoms with van der Waals surface area (Å²) in [5, 5.41) is 3.42. The highest BCUT2D eigenvalue weighted by Gasteiger charge is 2.14. The average Bonchev–Trinajstić information content (AvgIpc) is 3.01. The van der Waals surface area contributed by atoms with Crippen LogP contribution >= 0.6 is 11.3 Å². The fourth-order valence-corrected chi connectivity index (χ4v) is 3.06. The Balaban J connectivity index is 1.96. The third-order valence-electron chi connectivity index (χ3n) is 3.19. The Morgan fingerprint density at radius 1 is 1.30 bits per heavy atom. The molecule has 0 saturated carbocycles. The number of hydrogen-bond acceptors (Lipinski definition) is 4. The number of benzene rings is 1. The maximum atomic E-state index is 12.1. The SMILES string of the molecule is Cc1ccc(C)c2sc(NC(=O)c3nccn3C)nc12. The fourth-order valence-electron chi connectivity index (χ4n) is 2.05. The number of thiazole rings is 1. The van der Waals surface area contributed by atoms with Gasteiger partial charge in [0, 0.05) is 19.4 Å². The van der Waals surface area contributed by atoms with Crippen molar-refractivity contribution in [1.82, 2.24) is 14.5 Å². The van der Waals surface area contributed by atoms with E-state index in [0.717, 1.165) is 15.8 Å². The topological polar surface area (TPSA) is 59.8 Å². The van der Waals surface area contributed by atoms with E-state index in [-0.39, 0.29) is 5.91 Å². The van der Waals surface area contributed by atoms with Gasteiger partial charge in [0.1, 0.15) is 0 Å². The van der Waals surface area contributed by atoms with E-state index in [1.807, 2.05) is 19.9 Å². The number of anilines is 1. The molecule has 1 aromatic carbocycles. The van der Waals surface area contributed by atoms with Gasteiger partial charge in [-0.05, 0) is 25.0 Å². The van der Waals surface area contributed by atoms with Crippen LogP contribution in [0.3, 0.4) is 0 Å². The van der Waals surface area contributed by atoms with Gasteiger partial charge in [0.2, 0.25) is 0 Å². The highest BCUT2D eigenvalue weighted by atomic mass is 32.1. The molecule has 0 fully saturated rings. The summed E-state index contributed by atoms with van der Waals surface area (Å²) in [5.41, 5.74) is 3.23. The maximum Gasteiger partial charge on any atom is 0.293 e. The zero-order chi connectivity index (χ0) is 14.3. The van der Waals surface area contributed by atoms with Crippen LogP contribution in [0.1, 0.15) is 21.7 Å². The van der Waals surface area contributed by atoms with Crippen LogP contribution < -0.4 is 5.32 Å². The van der Waals surface area contributed by atoms with Crippen molar-refractivity contribution >= 4 is 32.6 Å². The number of nitrogens with one attached hydrogen (secondary N) is 1. The molecule has 0 radical (unpaired) electrons. The number of fused-ring (bicyclic) bond motifs is 1. The Hall–Kier alpha value is -2.21. The quantitative estimate of drug-likeness (QED) is 0.788. The molecule has 0 aliphatic carbocycles. The van der Waals surface area contributed by atoms with E-state index in [1.54, 1.807) is 24.0 Å². The second kappa shape index (κ2) is 4.72. The van der Waals surface area contributed by atoms with Gasteiger partial charge in [0.25, 0.3) is 5.91 Å². The molecule has 0 saturated heterocycles. The monoisotopic (exact) mass is 286 g/mol. The van der Waals surface area contributed by atoms with Gasteiger partial charge in [-0.15, -0.1) is 0 Å². The highest BCUT2D eigenvalue weighted by molar-refractivity contribution is 7.22. The van der Waals surface area contributed by atoms with Crippen molar-refractivity contribution in [3.63, 3.8) is 0 Å². The van der Waals surface area contributed by atoms with Crippen LogP contribution in [0.2, 0.25) is 0 Å². The summed E-state index contributed by atoms with van der Waals surface area (Å²) in [6.07, 6.45) is 3.34. The summed E-state index contributed by atoms with van der Waals surface area (Å²) in [6.45, 7) is 4.07. The Labute approximate surface area is 120 Å². The van der Waals surface area contributed by atoms with Crippen LogP contribution in [0.4, 0.5) is 5.13 Å². The molecule has 5 nitrogen and oxygen atoms in total. The van der Waals surface area contributed by atoms with E-state index in [2.05, 4.69) is 21.4 Å². The molecule has 2 heterocycles. The summed E-state index contributed by atoms with van der Waals surface area (Å²) >= 11 is 1.49. The molecule has 6 heteroatoms. The van der Waals surface area contributed by atoms with Crippen molar-refractivity contribution < 1.29 is 4.79 Å². The fraction of sp³-hybridized carbons (Fsp3) is 0.214. The number of imidazole rings is 1. The summed E-state index contributed by atoms with van der Waals surface area (Å²) in [5.74, 6) is 0.129. The lowest BCUT2D eigenvalue weighted by molar-refractivity contribution is 0.101. The minimum absolute atomic E-state index is 0.244. The zero-order valence-corrected chi connectivity index (χ0v) is 12.3. The number of amides is 1. The molecule has 20 heavy (non-hydrogen) atoms. The molecule has 0 spiro atoms. The zero-order valence-electron chi connectivity index (χ0n) is 11.5. The molecule has 0 aliphatic rings. The number of carbonyl (C=O) groups is 1. The highest BCUT2D eigenvalue weighted by Crippen LogP contribution is 2.30. The molecular formula is C14H14N4OS. The Morgan fingerprint density at radius 3 is 2.70 bits per heavy atom. The van der Waals surface area contributed by atoms with Gasteiger partial charge >= 0.3 is 0 Å². The number of carbonyl (C=O) groups excluding carboxylic acids is 1. The minimum Gasteiger partial charge on any atom is -0.330 e. The first-order valence-corrected chi connectivity index (χ1v) is 7.03. The normalized spacial score (nSPS) is 10.9. The second-order valence-corrected chi connectivity index (χ2v) is 5.71. The number of hydrogen-bond donors (Lipinski definition) is 1. The molecule has 0 bridgehead atoms. The number of nitrogens with zero attached hydrogens (tertiary/aromatic N) is 3. The smallest absolute Gasteiger partial charge is 0.293 e. The summed E-state index contributed by atoms with van der Waals surface area (Å²) in [7, 11) is 1.79. The maximum absolute atomic E-state index is 12.1. The van der Waals surface area contributed by atoms with Crippen molar-refractivity contribution in [2.75, 3.05) is 5.32 Å². The van der Waals surface area contributed by atoms with Crippen LogP contribution in [-0.2, 0) is 7.05 Å². The molecular weight excluding hydrogens is 272 g/mol. The van der Waals surface area contributed by atoms with Gasteiger partial charge in [-0.2, -0.15) is 0 Å². The van der Waals surface area contributed by atoms with E-state index in [9.17, 15) is 4.79 Å². The lowest BCUT2D eigenvalue weighted by atomic mass is 10.1. The number of aromatic nitrogens is 3. The lowest BCUT2D eigenvalue weighted by Gasteiger charge is -2.00. The largest absolute Gasteiger partial charge is 0.330 e. The Morgan fingerprint density at radius 2 is 2.05 bits per heavy atom. The van der Waals surface area contributed by atoms with Crippen molar-refractivity contribution in [3.8, 4) is 0 Å². The van der Waals surface area contributed by atoms with E-state index < -0.39 is 0 Å². The van der Waals surface area contributed by atoms with Crippen molar-refractivity contribution in [3.05, 3.63) is 41.5 Å². The third-order valence-corrected chi connectivity index (χ3v) is 4.29. The van der Waals surface area contributed by atoms with Crippen LogP contribution in [0.5, 0.6) is 0 Å². The van der Waals surface area contributed by atoms with E-state index >= 15 is 0 Å². The average molecular weight is 286 g/mol. The molecule has 3 aromatic rings. The van der Waals surface area contributed by atoms with E-state index in [4.69, 9.17) is 0 Å². The first kappa shape index (κ1) is 12.8. The summed E-state index contributed by atoms with van der Waals surface area (Å²) < 4.78 is 2.79. The Bertz CT molecular complexity index is 764. The van der Waals surface area contributed by atoms with Crippen LogP contribution in [0.25, 0.3) is 10.2 Å². The predicted molar refractivity (Wildman–Crippen MR) is 80.3 cm³/mol. The molecule has 0 aliphatic heterocycles. The van der Waals surface area contributed by atoms with Gasteiger partial charge in [-0.25, -0.2) is 9.97 Å². The van der Waals surface area contributed by atoms with E-state index in [1.165, 1.54) is 16.9 Å². The standard InChI is InChI=1S/C14H14N4OS/c1-8-4-5-9(2)11-10(8)16-14(20-11)17-13(19)12-15-6-7-18(12)3/h4-7H,1-3H3,(H,16,17,19). The van der Waals surface area contributed by atoms with Crippen LogP contribution in [0.15, 0.2) is 24.5 Å². The number of rotatable bonds is 2. The number of aryl methyl sites for hydroxylation is 3. The van der Waals surface area contributed by atoms with Gasteiger partial charge in [-0.1, -0.05) is 23.5 Å². The first-order chi connectivity index (χ1) is 9.56. The van der Waals surface area contributed by atoms with Gasteiger partial charge in [0.15, 0.2) is 11.0 Å². The predicted octanol–water partition coefficient (Wildman–Crippen LogP) is 2.90. The first-order valence-electron chi connectivity index (χ1n) is 6.21. The minimum atomic E-state index is -0.244. The molecule has 1 N–H and O–H groups in total. The van der Waals surface area contributed by atoms with Crippen LogP contribution in [-0.4, -0.2) is 20.4 Å². The van der Waals surface area contributed by atoms with Gasteiger partial charge in [0.05, 0.1) is 10.2 Å². The molecule has 1 amide bonds. The lowest BCUT2D eigenvalue weighted by Crippen LogP contribution is -2.16. The molecule has 2 aromatic heterocycles. The summed E-state index contributed by atoms with van der Waals surface area (Å²) in [4.78, 5) is 20.6. The van der Waals surface area contributed by atoms with Crippen molar-refractivity contribution in [2.45, 2.75) is 13.8 Å².